The predicted octanol–water partition coefficient (Wildman–Crippen LogP) is 3.92. The lowest BCUT2D eigenvalue weighted by molar-refractivity contribution is -0.153. The molecule has 4 aliphatic carbocycles. The van der Waals surface area contributed by atoms with Crippen molar-refractivity contribution in [2.24, 2.45) is 11.8 Å². The number of nitrogens with zero attached hydrogens (tertiary/aromatic N) is 2. The lowest BCUT2D eigenvalue weighted by Crippen LogP contribution is -2.50. The van der Waals surface area contributed by atoms with Crippen LogP contribution in [0, 0.1) is 11.8 Å². The number of hydrogen-bond donors (Lipinski definition) is 2. The quantitative estimate of drug-likeness (QED) is 0.527. The molecule has 8 nitrogen and oxygen atoms in total. The van der Waals surface area contributed by atoms with E-state index in [0.717, 1.165) is 103 Å². The summed E-state index contributed by atoms with van der Waals surface area (Å²) in [7, 11) is 3.59. The first-order valence-corrected chi connectivity index (χ1v) is 15.5. The summed E-state index contributed by atoms with van der Waals surface area (Å²) in [4.78, 5) is 54.3. The van der Waals surface area contributed by atoms with Crippen molar-refractivity contribution in [3.8, 4) is 0 Å². The van der Waals surface area contributed by atoms with Crippen LogP contribution < -0.4 is 10.6 Å². The molecule has 2 N–H and O–H groups in total. The fraction of sp³-hybridized carbons (Fsp3) is 0.867. The topological polar surface area (TPSA) is 98.8 Å². The highest BCUT2D eigenvalue weighted by Gasteiger charge is 2.36. The van der Waals surface area contributed by atoms with Gasteiger partial charge in [-0.3, -0.25) is 19.2 Å². The Labute approximate surface area is 229 Å². The van der Waals surface area contributed by atoms with Crippen molar-refractivity contribution in [3.63, 3.8) is 0 Å². The van der Waals surface area contributed by atoms with Crippen LogP contribution >= 0.6 is 0 Å². The molecule has 38 heavy (non-hydrogen) atoms. The van der Waals surface area contributed by atoms with Gasteiger partial charge in [0.05, 0.1) is 0 Å². The second-order valence-corrected chi connectivity index (χ2v) is 12.6. The minimum atomic E-state index is -0.479. The average Bonchev–Trinajstić information content (AvgIpc) is 2.96. The SMILES string of the molecule is CN(C(=O)C(=O)N(C)C1CCC(C2CCCC(NC(=O)C(=O)NC3CCCCC3)C2)CC1)C1CCCCC1. The molecule has 2 unspecified atom stereocenters. The van der Waals surface area contributed by atoms with Gasteiger partial charge in [0.1, 0.15) is 0 Å². The minimum absolute atomic E-state index is 0.0632. The monoisotopic (exact) mass is 530 g/mol. The average molecular weight is 531 g/mol. The maximum absolute atomic E-state index is 13.0. The molecule has 0 aliphatic heterocycles. The normalized spacial score (nSPS) is 29.2. The van der Waals surface area contributed by atoms with Crippen molar-refractivity contribution in [2.75, 3.05) is 14.1 Å². The van der Waals surface area contributed by atoms with Crippen LogP contribution in [0.1, 0.15) is 116 Å². The van der Waals surface area contributed by atoms with Crippen molar-refractivity contribution < 1.29 is 19.2 Å². The number of carbonyl (C=O) groups excluding carboxylic acids is 4. The fourth-order valence-electron chi connectivity index (χ4n) is 7.60. The zero-order valence-electron chi connectivity index (χ0n) is 23.7. The lowest BCUT2D eigenvalue weighted by Gasteiger charge is -2.41. The Kier molecular flexibility index (Phi) is 10.5. The molecule has 4 rings (SSSR count). The Hall–Kier alpha value is -2.12. The maximum Gasteiger partial charge on any atom is 0.312 e. The van der Waals surface area contributed by atoms with Crippen LogP contribution in [0.25, 0.3) is 0 Å². The van der Waals surface area contributed by atoms with Crippen molar-refractivity contribution in [1.82, 2.24) is 20.4 Å². The van der Waals surface area contributed by atoms with Gasteiger partial charge in [-0.1, -0.05) is 51.4 Å². The summed E-state index contributed by atoms with van der Waals surface area (Å²) in [5.41, 5.74) is 0. The van der Waals surface area contributed by atoms with Gasteiger partial charge in [0.2, 0.25) is 0 Å². The van der Waals surface area contributed by atoms with Crippen molar-refractivity contribution in [3.05, 3.63) is 0 Å². The van der Waals surface area contributed by atoms with E-state index < -0.39 is 11.8 Å². The lowest BCUT2D eigenvalue weighted by atomic mass is 9.71. The van der Waals surface area contributed by atoms with E-state index in [0.29, 0.717) is 11.8 Å². The summed E-state index contributed by atoms with van der Waals surface area (Å²) in [5, 5.41) is 5.95. The second-order valence-electron chi connectivity index (χ2n) is 12.6. The second kappa shape index (κ2) is 13.8. The van der Waals surface area contributed by atoms with Crippen LogP contribution in [-0.2, 0) is 19.2 Å². The first-order valence-electron chi connectivity index (χ1n) is 15.5. The molecule has 0 radical (unpaired) electrons. The summed E-state index contributed by atoms with van der Waals surface area (Å²) in [6.45, 7) is 0. The molecule has 0 aromatic rings. The van der Waals surface area contributed by atoms with Crippen LogP contribution in [0.15, 0.2) is 0 Å². The van der Waals surface area contributed by atoms with Crippen LogP contribution in [0.2, 0.25) is 0 Å². The number of carbonyl (C=O) groups is 4. The largest absolute Gasteiger partial charge is 0.345 e. The Morgan fingerprint density at radius 2 is 0.974 bits per heavy atom. The van der Waals surface area contributed by atoms with Gasteiger partial charge in [0, 0.05) is 38.3 Å². The van der Waals surface area contributed by atoms with Crippen molar-refractivity contribution in [2.45, 2.75) is 140 Å². The van der Waals surface area contributed by atoms with E-state index in [1.807, 2.05) is 0 Å². The summed E-state index contributed by atoms with van der Waals surface area (Å²) < 4.78 is 0. The van der Waals surface area contributed by atoms with E-state index in [-0.39, 0.29) is 36.0 Å². The van der Waals surface area contributed by atoms with E-state index >= 15 is 0 Å². The summed E-state index contributed by atoms with van der Waals surface area (Å²) in [5.74, 6) is -0.570. The van der Waals surface area contributed by atoms with Gasteiger partial charge < -0.3 is 20.4 Å². The van der Waals surface area contributed by atoms with Crippen LogP contribution in [0.3, 0.4) is 0 Å². The molecule has 0 saturated heterocycles. The molecule has 0 spiro atoms. The van der Waals surface area contributed by atoms with Gasteiger partial charge in [-0.15, -0.1) is 0 Å². The Bertz CT molecular complexity index is 828. The predicted molar refractivity (Wildman–Crippen MR) is 147 cm³/mol. The van der Waals surface area contributed by atoms with E-state index in [2.05, 4.69) is 10.6 Å². The van der Waals surface area contributed by atoms with Gasteiger partial charge in [0.25, 0.3) is 0 Å². The molecule has 4 aliphatic rings. The smallest absolute Gasteiger partial charge is 0.312 e. The van der Waals surface area contributed by atoms with Crippen molar-refractivity contribution in [1.29, 1.82) is 0 Å². The van der Waals surface area contributed by atoms with Crippen molar-refractivity contribution >= 4 is 23.6 Å². The van der Waals surface area contributed by atoms with Gasteiger partial charge in [-0.2, -0.15) is 0 Å². The van der Waals surface area contributed by atoms with E-state index in [1.54, 1.807) is 23.9 Å². The minimum Gasteiger partial charge on any atom is -0.345 e. The van der Waals surface area contributed by atoms with Crippen LogP contribution in [0.5, 0.6) is 0 Å². The van der Waals surface area contributed by atoms with Crippen LogP contribution in [-0.4, -0.2) is 71.7 Å². The Balaban J connectivity index is 1.20. The number of likely N-dealkylation sites (N-methyl/N-ethyl adjacent to an activating group) is 2. The zero-order chi connectivity index (χ0) is 27.1. The molecule has 2 atom stereocenters. The van der Waals surface area contributed by atoms with Gasteiger partial charge in [-0.25, -0.2) is 0 Å². The molecule has 4 amide bonds. The van der Waals surface area contributed by atoms with E-state index in [4.69, 9.17) is 0 Å². The first-order chi connectivity index (χ1) is 18.3. The summed E-state index contributed by atoms with van der Waals surface area (Å²) in [6.07, 6.45) is 18.9. The first kappa shape index (κ1) is 28.9. The molecule has 4 fully saturated rings. The third kappa shape index (κ3) is 7.50. The highest BCUT2D eigenvalue weighted by atomic mass is 16.2. The number of rotatable bonds is 5. The van der Waals surface area contributed by atoms with Gasteiger partial charge in [0.15, 0.2) is 0 Å². The molecule has 0 aromatic carbocycles. The third-order valence-electron chi connectivity index (χ3n) is 10.1. The molecule has 0 bridgehead atoms. The molecular formula is C30H50N4O4. The summed E-state index contributed by atoms with van der Waals surface area (Å²) in [6, 6.07) is 0.518. The molecule has 4 saturated carbocycles. The molecule has 0 aromatic heterocycles. The van der Waals surface area contributed by atoms with E-state index in [1.165, 1.54) is 12.8 Å². The van der Waals surface area contributed by atoms with Gasteiger partial charge in [-0.05, 0) is 76.0 Å². The standard InChI is InChI=1S/C30H50N4O4/c1-33(25-14-7-4-8-15-25)29(37)30(38)34(2)26-18-16-21(17-19-26)22-10-9-13-24(20-22)32-28(36)27(35)31-23-11-5-3-6-12-23/h21-26H,3-20H2,1-2H3,(H,31,35)(H,32,36). The summed E-state index contributed by atoms with van der Waals surface area (Å²) >= 11 is 0. The Morgan fingerprint density at radius 3 is 1.55 bits per heavy atom. The highest BCUT2D eigenvalue weighted by molar-refractivity contribution is 6.35. The number of hydrogen-bond acceptors (Lipinski definition) is 4. The third-order valence-corrected chi connectivity index (χ3v) is 10.1. The molecule has 8 heteroatoms. The maximum atomic E-state index is 13.0. The number of nitrogens with one attached hydrogen (secondary N) is 2. The Morgan fingerprint density at radius 1 is 0.500 bits per heavy atom. The fourth-order valence-corrected chi connectivity index (χ4v) is 7.60. The highest BCUT2D eigenvalue weighted by Crippen LogP contribution is 2.39. The zero-order valence-corrected chi connectivity index (χ0v) is 23.7. The van der Waals surface area contributed by atoms with E-state index in [9.17, 15) is 19.2 Å². The number of amides is 4. The molecule has 214 valence electrons. The molecular weight excluding hydrogens is 480 g/mol. The molecule has 0 heterocycles. The van der Waals surface area contributed by atoms with Gasteiger partial charge >= 0.3 is 23.6 Å². The van der Waals surface area contributed by atoms with Crippen LogP contribution in [0.4, 0.5) is 0 Å².